The fourth-order valence-corrected chi connectivity index (χ4v) is 1.68. The summed E-state index contributed by atoms with van der Waals surface area (Å²) in [5.74, 6) is 0. The summed E-state index contributed by atoms with van der Waals surface area (Å²) in [5, 5.41) is 14.4. The highest BCUT2D eigenvalue weighted by molar-refractivity contribution is 5.60. The lowest BCUT2D eigenvalue weighted by Gasteiger charge is -2.09. The van der Waals surface area contributed by atoms with Crippen LogP contribution in [-0.2, 0) is 11.3 Å². The Labute approximate surface area is 107 Å². The number of aromatic amines is 1. The first kappa shape index (κ1) is 12.7. The Hall–Kier alpha value is -1.72. The van der Waals surface area contributed by atoms with Crippen LogP contribution in [0.5, 0.6) is 0 Å². The van der Waals surface area contributed by atoms with Crippen molar-refractivity contribution in [1.29, 1.82) is 0 Å². The van der Waals surface area contributed by atoms with Crippen molar-refractivity contribution in [2.75, 3.05) is 13.7 Å². The number of benzene rings is 1. The van der Waals surface area contributed by atoms with Crippen LogP contribution in [-0.4, -0.2) is 35.2 Å². The quantitative estimate of drug-likeness (QED) is 0.812. The van der Waals surface area contributed by atoms with Crippen molar-refractivity contribution >= 4 is 0 Å². The van der Waals surface area contributed by atoms with Gasteiger partial charge in [0.25, 0.3) is 0 Å². The van der Waals surface area contributed by atoms with E-state index >= 15 is 0 Å². The predicted molar refractivity (Wildman–Crippen MR) is 70.0 cm³/mol. The van der Waals surface area contributed by atoms with Crippen LogP contribution < -0.4 is 5.32 Å². The Kier molecular flexibility index (Phi) is 4.44. The lowest BCUT2D eigenvalue weighted by molar-refractivity contribution is 0.117. The molecule has 0 amide bonds. The monoisotopic (exact) mass is 246 g/mol. The minimum absolute atomic E-state index is 0.192. The SMILES string of the molecule is COC(C)CNCc1n[nH]nc1-c1ccccc1. The first-order chi connectivity index (χ1) is 8.81. The number of ether oxygens (including phenoxy) is 1. The maximum Gasteiger partial charge on any atom is 0.117 e. The van der Waals surface area contributed by atoms with Gasteiger partial charge in [0.2, 0.25) is 0 Å². The molecule has 2 N–H and O–H groups in total. The molecule has 5 heteroatoms. The van der Waals surface area contributed by atoms with Gasteiger partial charge >= 0.3 is 0 Å². The maximum absolute atomic E-state index is 5.18. The van der Waals surface area contributed by atoms with Gasteiger partial charge in [0.05, 0.1) is 6.10 Å². The molecule has 0 spiro atoms. The molecule has 1 aromatic carbocycles. The standard InChI is InChI=1S/C13H18N4O/c1-10(18-2)8-14-9-12-13(16-17-15-12)11-6-4-3-5-7-11/h3-7,10,14H,8-9H2,1-2H3,(H,15,16,17). The molecule has 2 aromatic rings. The molecule has 0 saturated heterocycles. The largest absolute Gasteiger partial charge is 0.380 e. The lowest BCUT2D eigenvalue weighted by Crippen LogP contribution is -2.25. The average molecular weight is 246 g/mol. The van der Waals surface area contributed by atoms with Crippen LogP contribution in [0.3, 0.4) is 0 Å². The molecule has 1 aromatic heterocycles. The van der Waals surface area contributed by atoms with Gasteiger partial charge in [-0.3, -0.25) is 0 Å². The van der Waals surface area contributed by atoms with Crippen LogP contribution in [0.1, 0.15) is 12.6 Å². The summed E-state index contributed by atoms with van der Waals surface area (Å²) in [5.41, 5.74) is 2.89. The molecule has 1 unspecified atom stereocenters. The molecule has 1 atom stereocenters. The van der Waals surface area contributed by atoms with E-state index in [0.717, 1.165) is 23.5 Å². The Morgan fingerprint density at radius 3 is 2.78 bits per heavy atom. The number of rotatable bonds is 6. The predicted octanol–water partition coefficient (Wildman–Crippen LogP) is 1.60. The molecular formula is C13H18N4O. The highest BCUT2D eigenvalue weighted by atomic mass is 16.5. The van der Waals surface area contributed by atoms with Crippen LogP contribution in [0.25, 0.3) is 11.3 Å². The Morgan fingerprint density at radius 1 is 1.28 bits per heavy atom. The molecule has 18 heavy (non-hydrogen) atoms. The molecule has 0 aliphatic heterocycles. The van der Waals surface area contributed by atoms with Gasteiger partial charge in [0, 0.05) is 25.8 Å². The van der Waals surface area contributed by atoms with E-state index in [1.165, 1.54) is 0 Å². The first-order valence-electron chi connectivity index (χ1n) is 6.00. The Bertz CT molecular complexity index is 469. The second-order valence-electron chi connectivity index (χ2n) is 4.16. The van der Waals surface area contributed by atoms with Crippen molar-refractivity contribution < 1.29 is 4.74 Å². The third-order valence-corrected chi connectivity index (χ3v) is 2.79. The topological polar surface area (TPSA) is 62.8 Å². The molecular weight excluding hydrogens is 228 g/mol. The molecule has 0 aliphatic carbocycles. The van der Waals surface area contributed by atoms with E-state index in [2.05, 4.69) is 20.7 Å². The van der Waals surface area contributed by atoms with Gasteiger partial charge in [0.15, 0.2) is 0 Å². The third-order valence-electron chi connectivity index (χ3n) is 2.79. The molecule has 5 nitrogen and oxygen atoms in total. The molecule has 96 valence electrons. The molecule has 0 radical (unpaired) electrons. The zero-order chi connectivity index (χ0) is 12.8. The van der Waals surface area contributed by atoms with E-state index in [-0.39, 0.29) is 6.10 Å². The van der Waals surface area contributed by atoms with Crippen LogP contribution >= 0.6 is 0 Å². The summed E-state index contributed by atoms with van der Waals surface area (Å²) < 4.78 is 5.18. The van der Waals surface area contributed by atoms with Gasteiger partial charge in [-0.2, -0.15) is 15.4 Å². The summed E-state index contributed by atoms with van der Waals surface area (Å²) in [6.07, 6.45) is 0.192. The van der Waals surface area contributed by atoms with Crippen LogP contribution in [0.4, 0.5) is 0 Å². The van der Waals surface area contributed by atoms with E-state index in [0.29, 0.717) is 6.54 Å². The summed E-state index contributed by atoms with van der Waals surface area (Å²) in [6.45, 7) is 3.49. The normalized spacial score (nSPS) is 12.6. The molecule has 0 bridgehead atoms. The molecule has 0 fully saturated rings. The highest BCUT2D eigenvalue weighted by Crippen LogP contribution is 2.18. The molecule has 2 rings (SSSR count). The summed E-state index contributed by atoms with van der Waals surface area (Å²) in [7, 11) is 1.71. The minimum Gasteiger partial charge on any atom is -0.380 e. The van der Waals surface area contributed by atoms with Gasteiger partial charge in [-0.05, 0) is 6.92 Å². The van der Waals surface area contributed by atoms with E-state index in [1.54, 1.807) is 7.11 Å². The van der Waals surface area contributed by atoms with Crippen molar-refractivity contribution in [2.45, 2.75) is 19.6 Å². The van der Waals surface area contributed by atoms with Gasteiger partial charge in [-0.1, -0.05) is 30.3 Å². The van der Waals surface area contributed by atoms with Crippen LogP contribution in [0.2, 0.25) is 0 Å². The number of hydrogen-bond donors (Lipinski definition) is 2. The number of H-pyrrole nitrogens is 1. The Balaban J connectivity index is 2.00. The van der Waals surface area contributed by atoms with Crippen LogP contribution in [0, 0.1) is 0 Å². The first-order valence-corrected chi connectivity index (χ1v) is 6.00. The van der Waals surface area contributed by atoms with Crippen molar-refractivity contribution in [1.82, 2.24) is 20.7 Å². The average Bonchev–Trinajstić information content (AvgIpc) is 2.88. The van der Waals surface area contributed by atoms with E-state index in [1.807, 2.05) is 37.3 Å². The lowest BCUT2D eigenvalue weighted by atomic mass is 10.1. The molecule has 0 aliphatic rings. The number of hydrogen-bond acceptors (Lipinski definition) is 4. The second kappa shape index (κ2) is 6.28. The zero-order valence-corrected chi connectivity index (χ0v) is 10.7. The third kappa shape index (κ3) is 3.15. The van der Waals surface area contributed by atoms with Crippen molar-refractivity contribution in [2.24, 2.45) is 0 Å². The van der Waals surface area contributed by atoms with Crippen molar-refractivity contribution in [3.8, 4) is 11.3 Å². The van der Waals surface area contributed by atoms with Gasteiger partial charge in [-0.25, -0.2) is 0 Å². The summed E-state index contributed by atoms with van der Waals surface area (Å²) in [4.78, 5) is 0. The maximum atomic E-state index is 5.18. The summed E-state index contributed by atoms with van der Waals surface area (Å²) >= 11 is 0. The van der Waals surface area contributed by atoms with Crippen molar-refractivity contribution in [3.63, 3.8) is 0 Å². The van der Waals surface area contributed by atoms with Crippen LogP contribution in [0.15, 0.2) is 30.3 Å². The number of nitrogens with one attached hydrogen (secondary N) is 2. The zero-order valence-electron chi connectivity index (χ0n) is 10.7. The van der Waals surface area contributed by atoms with Gasteiger partial charge in [0.1, 0.15) is 11.4 Å². The van der Waals surface area contributed by atoms with E-state index in [4.69, 9.17) is 4.74 Å². The Morgan fingerprint density at radius 2 is 2.06 bits per heavy atom. The smallest absolute Gasteiger partial charge is 0.117 e. The minimum atomic E-state index is 0.192. The fourth-order valence-electron chi connectivity index (χ4n) is 1.68. The number of nitrogens with zero attached hydrogens (tertiary/aromatic N) is 2. The number of aromatic nitrogens is 3. The van der Waals surface area contributed by atoms with Crippen molar-refractivity contribution in [3.05, 3.63) is 36.0 Å². The second-order valence-corrected chi connectivity index (χ2v) is 4.16. The summed E-state index contributed by atoms with van der Waals surface area (Å²) in [6, 6.07) is 10.0. The molecule has 1 heterocycles. The van der Waals surface area contributed by atoms with E-state index < -0.39 is 0 Å². The van der Waals surface area contributed by atoms with Gasteiger partial charge < -0.3 is 10.1 Å². The number of methoxy groups -OCH3 is 1. The molecule has 0 saturated carbocycles. The van der Waals surface area contributed by atoms with Gasteiger partial charge in [-0.15, -0.1) is 0 Å². The fraction of sp³-hybridized carbons (Fsp3) is 0.385. The van der Waals surface area contributed by atoms with E-state index in [9.17, 15) is 0 Å². The highest BCUT2D eigenvalue weighted by Gasteiger charge is 2.09.